The molecule has 0 spiro atoms. The van der Waals surface area contributed by atoms with E-state index in [1.54, 1.807) is 19.2 Å². The van der Waals surface area contributed by atoms with E-state index in [1.807, 2.05) is 7.05 Å². The minimum Gasteiger partial charge on any atom is -0.481 e. The maximum absolute atomic E-state index is 9.22. The molecule has 10 heteroatoms. The topological polar surface area (TPSA) is 126 Å². The lowest BCUT2D eigenvalue weighted by Gasteiger charge is -2.50. The minimum atomic E-state index is -0.106. The van der Waals surface area contributed by atoms with Crippen LogP contribution in [0.1, 0.15) is 44.2 Å². The Kier molecular flexibility index (Phi) is 6.53. The van der Waals surface area contributed by atoms with Crippen LogP contribution in [0.15, 0.2) is 12.1 Å². The Bertz CT molecular complexity index is 912. The van der Waals surface area contributed by atoms with Crippen molar-refractivity contribution in [2.75, 3.05) is 30.9 Å². The van der Waals surface area contributed by atoms with Crippen molar-refractivity contribution in [3.8, 4) is 11.9 Å². The summed E-state index contributed by atoms with van der Waals surface area (Å²) in [7, 11) is 3.63. The number of nitrogens with zero attached hydrogens (tertiary/aromatic N) is 6. The third-order valence-corrected chi connectivity index (χ3v) is 6.40. The first kappa shape index (κ1) is 21.3. The first-order valence-corrected chi connectivity index (χ1v) is 10.8. The van der Waals surface area contributed by atoms with Gasteiger partial charge in [0.25, 0.3) is 0 Å². The summed E-state index contributed by atoms with van der Waals surface area (Å²) in [6.07, 6.45) is 6.31. The minimum absolute atomic E-state index is 0.106. The van der Waals surface area contributed by atoms with E-state index in [-0.39, 0.29) is 6.61 Å². The highest BCUT2D eigenvalue weighted by Crippen LogP contribution is 2.36. The molecule has 0 amide bonds. The van der Waals surface area contributed by atoms with Gasteiger partial charge in [0.1, 0.15) is 5.82 Å². The van der Waals surface area contributed by atoms with Crippen LogP contribution in [0.3, 0.4) is 0 Å². The fraction of sp³-hybridized carbons (Fsp3) is 0.619. The molecule has 2 saturated heterocycles. The summed E-state index contributed by atoms with van der Waals surface area (Å²) >= 11 is 0. The molecule has 3 atom stereocenters. The third kappa shape index (κ3) is 4.73. The normalized spacial score (nSPS) is 23.2. The molecule has 0 unspecified atom stereocenters. The third-order valence-electron chi connectivity index (χ3n) is 6.40. The number of anilines is 3. The number of hydrogen-bond donors (Lipinski definition) is 3. The Hall–Kier alpha value is -2.90. The smallest absolute Gasteiger partial charge is 0.230 e. The second-order valence-electron chi connectivity index (χ2n) is 8.28. The van der Waals surface area contributed by atoms with Gasteiger partial charge in [-0.15, -0.1) is 0 Å². The predicted molar refractivity (Wildman–Crippen MR) is 116 cm³/mol. The Balaban J connectivity index is 1.51. The van der Waals surface area contributed by atoms with Crippen molar-refractivity contribution >= 4 is 17.6 Å². The summed E-state index contributed by atoms with van der Waals surface area (Å²) in [4.78, 5) is 14.0. The summed E-state index contributed by atoms with van der Waals surface area (Å²) in [5, 5.41) is 28.3. The summed E-state index contributed by atoms with van der Waals surface area (Å²) in [5.74, 6) is 2.23. The number of methoxy groups -OCH3 is 1. The lowest BCUT2D eigenvalue weighted by molar-refractivity contribution is 0.0325. The van der Waals surface area contributed by atoms with Crippen molar-refractivity contribution in [1.29, 1.82) is 5.26 Å². The number of piperidine rings is 2. The van der Waals surface area contributed by atoms with Crippen molar-refractivity contribution in [1.82, 2.24) is 25.1 Å². The number of aromatic nitrogens is 4. The van der Waals surface area contributed by atoms with Crippen LogP contribution in [-0.4, -0.2) is 69.0 Å². The van der Waals surface area contributed by atoms with Crippen molar-refractivity contribution in [2.45, 2.75) is 63.3 Å². The average Bonchev–Trinajstić information content (AvgIpc) is 3.23. The molecule has 10 nitrogen and oxygen atoms in total. The number of nitriles is 1. The maximum Gasteiger partial charge on any atom is 0.230 e. The zero-order valence-corrected chi connectivity index (χ0v) is 18.1. The van der Waals surface area contributed by atoms with Gasteiger partial charge in [-0.05, 0) is 25.7 Å². The van der Waals surface area contributed by atoms with Crippen LogP contribution >= 0.6 is 0 Å². The van der Waals surface area contributed by atoms with E-state index in [0.29, 0.717) is 53.7 Å². The number of fused-ring (bicyclic) bond motifs is 2. The van der Waals surface area contributed by atoms with E-state index in [4.69, 9.17) is 15.0 Å². The zero-order chi connectivity index (χ0) is 21.8. The SMILES string of the molecule is COc1cc(Nc2cc(CO)[nH]n2)nc(N(C)[C@@H]2C[C@H]3CCC[C@@H](C2)N3CCC#N)n1. The molecule has 4 heterocycles. The number of hydrogen-bond acceptors (Lipinski definition) is 9. The second kappa shape index (κ2) is 9.49. The Morgan fingerprint density at radius 1 is 1.29 bits per heavy atom. The number of ether oxygens (including phenoxy) is 1. The molecule has 2 aromatic rings. The van der Waals surface area contributed by atoms with E-state index in [9.17, 15) is 5.11 Å². The van der Waals surface area contributed by atoms with Gasteiger partial charge in [0.05, 0.1) is 25.5 Å². The van der Waals surface area contributed by atoms with Gasteiger partial charge >= 0.3 is 0 Å². The molecule has 0 aliphatic carbocycles. The molecule has 2 fully saturated rings. The summed E-state index contributed by atoms with van der Waals surface area (Å²) in [6.45, 7) is 0.761. The predicted octanol–water partition coefficient (Wildman–Crippen LogP) is 2.18. The van der Waals surface area contributed by atoms with Crippen LogP contribution in [0.5, 0.6) is 5.88 Å². The molecule has 31 heavy (non-hydrogen) atoms. The molecular formula is C21H30N8O2. The van der Waals surface area contributed by atoms with Crippen LogP contribution < -0.4 is 15.0 Å². The molecule has 0 saturated carbocycles. The molecule has 2 bridgehead atoms. The number of H-pyrrole nitrogens is 1. The van der Waals surface area contributed by atoms with Crippen molar-refractivity contribution in [3.05, 3.63) is 17.8 Å². The van der Waals surface area contributed by atoms with Gasteiger partial charge in [0.15, 0.2) is 5.82 Å². The standard InChI is InChI=1S/C21H30N8O2/c1-28(17-10-15-5-3-6-16(11-17)29(15)8-4-7-22)21-24-18(12-20(25-21)31-2)23-19-9-14(13-30)26-27-19/h9,12,15-17,30H,3-6,8,10-11,13H2,1-2H3,(H2,23,24,25,26,27)/t15-,16+,17-. The Morgan fingerprint density at radius 3 is 2.71 bits per heavy atom. The first-order chi connectivity index (χ1) is 15.1. The molecule has 0 radical (unpaired) electrons. The summed E-state index contributed by atoms with van der Waals surface area (Å²) in [6, 6.07) is 7.11. The maximum atomic E-state index is 9.22. The molecule has 2 aliphatic heterocycles. The van der Waals surface area contributed by atoms with Crippen molar-refractivity contribution in [3.63, 3.8) is 0 Å². The monoisotopic (exact) mass is 426 g/mol. The molecule has 2 aliphatic rings. The zero-order valence-electron chi connectivity index (χ0n) is 18.1. The van der Waals surface area contributed by atoms with Gasteiger partial charge in [-0.25, -0.2) is 0 Å². The van der Waals surface area contributed by atoms with E-state index >= 15 is 0 Å². The van der Waals surface area contributed by atoms with Crippen molar-refractivity contribution < 1.29 is 9.84 Å². The van der Waals surface area contributed by atoms with Crippen LogP contribution in [0.2, 0.25) is 0 Å². The van der Waals surface area contributed by atoms with Crippen molar-refractivity contribution in [2.24, 2.45) is 0 Å². The lowest BCUT2D eigenvalue weighted by atomic mass is 9.81. The molecule has 3 N–H and O–H groups in total. The molecule has 4 rings (SSSR count). The van der Waals surface area contributed by atoms with E-state index in [1.165, 1.54) is 19.3 Å². The highest BCUT2D eigenvalue weighted by molar-refractivity contribution is 5.55. The number of aliphatic hydroxyl groups excluding tert-OH is 1. The number of aliphatic hydroxyl groups is 1. The molecular weight excluding hydrogens is 396 g/mol. The molecule has 166 valence electrons. The quantitative estimate of drug-likeness (QED) is 0.582. The number of nitrogens with one attached hydrogen (secondary N) is 2. The van der Waals surface area contributed by atoms with Crippen LogP contribution in [0, 0.1) is 11.3 Å². The van der Waals surface area contributed by atoms with Crippen LogP contribution in [-0.2, 0) is 6.61 Å². The summed E-state index contributed by atoms with van der Waals surface area (Å²) < 4.78 is 5.41. The average molecular weight is 427 g/mol. The number of rotatable bonds is 8. The first-order valence-electron chi connectivity index (χ1n) is 10.8. The van der Waals surface area contributed by atoms with Gasteiger partial charge in [-0.1, -0.05) is 6.42 Å². The molecule has 2 aromatic heterocycles. The molecule has 0 aromatic carbocycles. The van der Waals surface area contributed by atoms with Crippen LogP contribution in [0.25, 0.3) is 0 Å². The Labute approximate surface area is 182 Å². The fourth-order valence-corrected chi connectivity index (χ4v) is 4.85. The van der Waals surface area contributed by atoms with E-state index < -0.39 is 0 Å². The highest BCUT2D eigenvalue weighted by atomic mass is 16.5. The second-order valence-corrected chi connectivity index (χ2v) is 8.28. The van der Waals surface area contributed by atoms with E-state index in [0.717, 1.165) is 19.4 Å². The van der Waals surface area contributed by atoms with Gasteiger partial charge in [0, 0.05) is 50.3 Å². The number of aromatic amines is 1. The Morgan fingerprint density at radius 2 is 2.06 bits per heavy atom. The lowest BCUT2D eigenvalue weighted by Crippen LogP contribution is -2.56. The van der Waals surface area contributed by atoms with Gasteiger partial charge in [0.2, 0.25) is 11.8 Å². The van der Waals surface area contributed by atoms with Gasteiger partial charge in [-0.3, -0.25) is 10.00 Å². The van der Waals surface area contributed by atoms with Gasteiger partial charge in [-0.2, -0.15) is 20.3 Å². The van der Waals surface area contributed by atoms with Crippen LogP contribution in [0.4, 0.5) is 17.6 Å². The van der Waals surface area contributed by atoms with E-state index in [2.05, 4.69) is 36.4 Å². The summed E-state index contributed by atoms with van der Waals surface area (Å²) in [5.41, 5.74) is 0.621. The highest BCUT2D eigenvalue weighted by Gasteiger charge is 2.39. The van der Waals surface area contributed by atoms with Gasteiger partial charge < -0.3 is 20.1 Å². The fourth-order valence-electron chi connectivity index (χ4n) is 4.85. The largest absolute Gasteiger partial charge is 0.481 e.